The van der Waals surface area contributed by atoms with Crippen LogP contribution in [0.5, 0.6) is 0 Å². The number of aryl methyl sites for hydroxylation is 1. The van der Waals surface area contributed by atoms with Gasteiger partial charge in [0.15, 0.2) is 0 Å². The zero-order valence-electron chi connectivity index (χ0n) is 14.2. The Morgan fingerprint density at radius 1 is 1.27 bits per heavy atom. The van der Waals surface area contributed by atoms with Crippen molar-refractivity contribution >= 4 is 49.6 Å². The molecule has 134 valence electrons. The van der Waals surface area contributed by atoms with Gasteiger partial charge in [0.1, 0.15) is 5.15 Å². The summed E-state index contributed by atoms with van der Waals surface area (Å²) in [5.41, 5.74) is 3.31. The Hall–Kier alpha value is -1.96. The third-order valence-corrected chi connectivity index (χ3v) is 6.57. The molecule has 0 N–H and O–H groups in total. The van der Waals surface area contributed by atoms with Crippen LogP contribution >= 0.6 is 22.9 Å². The van der Waals surface area contributed by atoms with E-state index in [-0.39, 0.29) is 0 Å². The number of hydrogen-bond donors (Lipinski definition) is 0. The topological polar surface area (TPSA) is 62.6 Å². The summed E-state index contributed by atoms with van der Waals surface area (Å²) < 4.78 is 25.8. The predicted molar refractivity (Wildman–Crippen MR) is 106 cm³/mol. The minimum atomic E-state index is -3.54. The molecule has 1 aliphatic heterocycles. The molecule has 1 atom stereocenters. The Morgan fingerprint density at radius 3 is 2.77 bits per heavy atom. The smallest absolute Gasteiger partial charge is 0.236 e. The zero-order valence-corrected chi connectivity index (χ0v) is 16.6. The van der Waals surface area contributed by atoms with E-state index in [0.717, 1.165) is 37.7 Å². The first-order valence-corrected chi connectivity index (χ1v) is 11.1. The molecular formula is C18H16ClN3O2S2. The number of hydrogen-bond acceptors (Lipinski definition) is 5. The van der Waals surface area contributed by atoms with E-state index in [0.29, 0.717) is 17.1 Å². The van der Waals surface area contributed by atoms with Gasteiger partial charge in [0, 0.05) is 17.4 Å². The highest BCUT2D eigenvalue weighted by atomic mass is 35.5. The minimum absolute atomic E-state index is 0.308. The molecular weight excluding hydrogens is 390 g/mol. The van der Waals surface area contributed by atoms with Crippen molar-refractivity contribution in [1.29, 1.82) is 0 Å². The maximum absolute atomic E-state index is 12.3. The average molecular weight is 406 g/mol. The lowest BCUT2D eigenvalue weighted by Crippen LogP contribution is -2.26. The van der Waals surface area contributed by atoms with Gasteiger partial charge in [-0.2, -0.15) is 9.52 Å². The summed E-state index contributed by atoms with van der Waals surface area (Å²) in [6, 6.07) is 11.2. The number of sulfonamides is 1. The molecule has 0 fully saturated rings. The fourth-order valence-corrected chi connectivity index (χ4v) is 5.03. The molecule has 26 heavy (non-hydrogen) atoms. The third-order valence-electron chi connectivity index (χ3n) is 4.33. The second-order valence-electron chi connectivity index (χ2n) is 6.34. The van der Waals surface area contributed by atoms with Gasteiger partial charge >= 0.3 is 0 Å². The largest absolute Gasteiger partial charge is 0.247 e. The molecule has 2 aromatic heterocycles. The standard InChI is InChI=1S/C18H16ClN3O2S2/c1-11-5-6-14-12(8-11)9-13(18(19)20-14)16-10-15(17-4-3-7-25-17)21-22(16)26(2,23)24/h3-9,16H,10H2,1-2H3/t16-/m0/s1. The van der Waals surface area contributed by atoms with E-state index in [1.807, 2.05) is 48.7 Å². The van der Waals surface area contributed by atoms with Crippen LogP contribution in [0.1, 0.15) is 28.5 Å². The number of nitrogens with zero attached hydrogens (tertiary/aromatic N) is 3. The van der Waals surface area contributed by atoms with E-state index >= 15 is 0 Å². The van der Waals surface area contributed by atoms with Gasteiger partial charge in [-0.1, -0.05) is 29.3 Å². The highest BCUT2D eigenvalue weighted by Crippen LogP contribution is 2.39. The van der Waals surface area contributed by atoms with Crippen LogP contribution in [0.4, 0.5) is 0 Å². The molecule has 8 heteroatoms. The normalized spacial score (nSPS) is 17.7. The molecule has 0 radical (unpaired) electrons. The second-order valence-corrected chi connectivity index (χ2v) is 9.49. The summed E-state index contributed by atoms with van der Waals surface area (Å²) in [6.45, 7) is 2.00. The van der Waals surface area contributed by atoms with Gasteiger partial charge < -0.3 is 0 Å². The molecule has 0 saturated carbocycles. The van der Waals surface area contributed by atoms with Gasteiger partial charge in [-0.15, -0.1) is 11.3 Å². The summed E-state index contributed by atoms with van der Waals surface area (Å²) in [5.74, 6) is 0. The van der Waals surface area contributed by atoms with Crippen molar-refractivity contribution in [2.24, 2.45) is 5.10 Å². The molecule has 1 aliphatic rings. The van der Waals surface area contributed by atoms with Crippen LogP contribution in [0.3, 0.4) is 0 Å². The summed E-state index contributed by atoms with van der Waals surface area (Å²) in [5, 5.41) is 7.57. The molecule has 0 bridgehead atoms. The summed E-state index contributed by atoms with van der Waals surface area (Å²) >= 11 is 7.97. The van der Waals surface area contributed by atoms with Crippen LogP contribution < -0.4 is 0 Å². The van der Waals surface area contributed by atoms with Crippen molar-refractivity contribution in [2.45, 2.75) is 19.4 Å². The highest BCUT2D eigenvalue weighted by molar-refractivity contribution is 7.88. The molecule has 5 nitrogen and oxygen atoms in total. The minimum Gasteiger partial charge on any atom is -0.236 e. The SMILES string of the molecule is Cc1ccc2nc(Cl)c([C@@H]3CC(c4cccs4)=NN3S(C)(=O)=O)cc2c1. The number of pyridine rings is 1. The summed E-state index contributed by atoms with van der Waals surface area (Å²) in [6.07, 6.45) is 1.62. The lowest BCUT2D eigenvalue weighted by atomic mass is 10.0. The number of thiophene rings is 1. The van der Waals surface area contributed by atoms with Crippen molar-refractivity contribution in [3.63, 3.8) is 0 Å². The highest BCUT2D eigenvalue weighted by Gasteiger charge is 2.36. The molecule has 0 amide bonds. The molecule has 4 rings (SSSR count). The van der Waals surface area contributed by atoms with Crippen LogP contribution in [-0.2, 0) is 10.0 Å². The van der Waals surface area contributed by atoms with Gasteiger partial charge in [-0.3, -0.25) is 0 Å². The molecule has 0 aliphatic carbocycles. The maximum Gasteiger partial charge on any atom is 0.247 e. The van der Waals surface area contributed by atoms with E-state index in [9.17, 15) is 8.42 Å². The van der Waals surface area contributed by atoms with Crippen LogP contribution in [-0.4, -0.2) is 29.8 Å². The molecule has 3 aromatic rings. The molecule has 0 spiro atoms. The number of rotatable bonds is 3. The van der Waals surface area contributed by atoms with E-state index in [2.05, 4.69) is 10.1 Å². The Bertz CT molecular complexity index is 1120. The summed E-state index contributed by atoms with van der Waals surface area (Å²) in [7, 11) is -3.54. The van der Waals surface area contributed by atoms with Crippen LogP contribution in [0.25, 0.3) is 10.9 Å². The Balaban J connectivity index is 1.83. The number of halogens is 1. The van der Waals surface area contributed by atoms with Crippen LogP contribution in [0, 0.1) is 6.92 Å². The van der Waals surface area contributed by atoms with Crippen molar-refractivity contribution in [1.82, 2.24) is 9.40 Å². The molecule has 3 heterocycles. The predicted octanol–water partition coefficient (Wildman–Crippen LogP) is 4.37. The monoisotopic (exact) mass is 405 g/mol. The Labute approximate surface area is 161 Å². The lowest BCUT2D eigenvalue weighted by Gasteiger charge is -2.22. The zero-order chi connectivity index (χ0) is 18.5. The van der Waals surface area contributed by atoms with Crippen molar-refractivity contribution in [2.75, 3.05) is 6.26 Å². The maximum atomic E-state index is 12.3. The van der Waals surface area contributed by atoms with Crippen LogP contribution in [0.15, 0.2) is 46.9 Å². The number of benzene rings is 1. The first-order valence-electron chi connectivity index (χ1n) is 8.00. The van der Waals surface area contributed by atoms with Crippen molar-refractivity contribution in [3.8, 4) is 0 Å². The molecule has 1 aromatic carbocycles. The van der Waals surface area contributed by atoms with E-state index in [4.69, 9.17) is 11.6 Å². The fourth-order valence-electron chi connectivity index (χ4n) is 3.14. The van der Waals surface area contributed by atoms with E-state index in [1.54, 1.807) is 0 Å². The second kappa shape index (κ2) is 6.33. The summed E-state index contributed by atoms with van der Waals surface area (Å²) in [4.78, 5) is 5.42. The third kappa shape index (κ3) is 3.11. The quantitative estimate of drug-likeness (QED) is 0.608. The van der Waals surface area contributed by atoms with Crippen LogP contribution in [0.2, 0.25) is 5.15 Å². The first-order chi connectivity index (χ1) is 12.3. The average Bonchev–Trinajstić information content (AvgIpc) is 3.23. The number of fused-ring (bicyclic) bond motifs is 1. The van der Waals surface area contributed by atoms with E-state index in [1.165, 1.54) is 11.3 Å². The van der Waals surface area contributed by atoms with Crippen molar-refractivity contribution < 1.29 is 8.42 Å². The van der Waals surface area contributed by atoms with Gasteiger partial charge in [0.25, 0.3) is 0 Å². The van der Waals surface area contributed by atoms with E-state index < -0.39 is 16.1 Å². The first kappa shape index (κ1) is 17.5. The molecule has 0 unspecified atom stereocenters. The molecule has 0 saturated heterocycles. The Kier molecular flexibility index (Phi) is 4.25. The fraction of sp³-hybridized carbons (Fsp3) is 0.222. The van der Waals surface area contributed by atoms with Gasteiger partial charge in [0.2, 0.25) is 10.0 Å². The van der Waals surface area contributed by atoms with Gasteiger partial charge in [-0.05, 0) is 36.6 Å². The van der Waals surface area contributed by atoms with Gasteiger partial charge in [0.05, 0.1) is 28.4 Å². The van der Waals surface area contributed by atoms with Crippen molar-refractivity contribution in [3.05, 3.63) is 62.9 Å². The van der Waals surface area contributed by atoms with Gasteiger partial charge in [-0.25, -0.2) is 13.4 Å². The number of aromatic nitrogens is 1. The Morgan fingerprint density at radius 2 is 2.08 bits per heavy atom. The number of hydrazone groups is 1. The lowest BCUT2D eigenvalue weighted by molar-refractivity contribution is 0.374.